The molecule has 3 aromatic rings. The SMILES string of the molecule is COc1ccccc1N1C(=O)C(=O)/C(=C(\O)c2ccc3c(c2)OCO3)C1c1ccc(C)o1. The Morgan fingerprint density at radius 3 is 2.59 bits per heavy atom. The number of aliphatic hydroxyl groups is 1. The van der Waals surface area contributed by atoms with Crippen molar-refractivity contribution in [3.63, 3.8) is 0 Å². The van der Waals surface area contributed by atoms with Crippen molar-refractivity contribution in [2.24, 2.45) is 0 Å². The van der Waals surface area contributed by atoms with E-state index in [4.69, 9.17) is 18.6 Å². The zero-order valence-electron chi connectivity index (χ0n) is 17.3. The zero-order valence-corrected chi connectivity index (χ0v) is 17.3. The number of Topliss-reactive ketones (excluding diaryl/α,β-unsaturated/α-hetero) is 1. The van der Waals surface area contributed by atoms with Crippen molar-refractivity contribution in [3.05, 3.63) is 77.3 Å². The molecule has 8 nitrogen and oxygen atoms in total. The fourth-order valence-corrected chi connectivity index (χ4v) is 3.98. The molecule has 0 bridgehead atoms. The first-order valence-electron chi connectivity index (χ1n) is 9.90. The summed E-state index contributed by atoms with van der Waals surface area (Å²) in [6, 6.07) is 14.1. The smallest absolute Gasteiger partial charge is 0.300 e. The Morgan fingerprint density at radius 2 is 1.84 bits per heavy atom. The van der Waals surface area contributed by atoms with Crippen LogP contribution in [0.25, 0.3) is 5.76 Å². The van der Waals surface area contributed by atoms with Crippen LogP contribution < -0.4 is 19.1 Å². The van der Waals surface area contributed by atoms with Gasteiger partial charge in [0.05, 0.1) is 18.4 Å². The van der Waals surface area contributed by atoms with Gasteiger partial charge in [0.1, 0.15) is 29.1 Å². The lowest BCUT2D eigenvalue weighted by Gasteiger charge is -2.25. The first-order chi connectivity index (χ1) is 15.5. The van der Waals surface area contributed by atoms with E-state index in [1.165, 1.54) is 12.0 Å². The number of methoxy groups -OCH3 is 1. The highest BCUT2D eigenvalue weighted by atomic mass is 16.7. The molecule has 1 aromatic heterocycles. The van der Waals surface area contributed by atoms with Gasteiger partial charge in [0.15, 0.2) is 11.5 Å². The fraction of sp³-hybridized carbons (Fsp3) is 0.167. The summed E-state index contributed by atoms with van der Waals surface area (Å²) in [4.78, 5) is 27.7. The van der Waals surface area contributed by atoms with Gasteiger partial charge in [-0.25, -0.2) is 0 Å². The molecular weight excluding hydrogens is 414 g/mol. The minimum absolute atomic E-state index is 0.0728. The minimum atomic E-state index is -0.981. The van der Waals surface area contributed by atoms with E-state index in [0.29, 0.717) is 40.0 Å². The number of amides is 1. The Hall–Kier alpha value is -4.20. The number of hydrogen-bond acceptors (Lipinski definition) is 7. The lowest BCUT2D eigenvalue weighted by molar-refractivity contribution is -0.132. The molecular formula is C24H19NO7. The summed E-state index contributed by atoms with van der Waals surface area (Å²) >= 11 is 0. The summed E-state index contributed by atoms with van der Waals surface area (Å²) in [5.74, 6) is 0.376. The second kappa shape index (κ2) is 7.49. The van der Waals surface area contributed by atoms with Crippen molar-refractivity contribution in [1.29, 1.82) is 0 Å². The van der Waals surface area contributed by atoms with Crippen molar-refractivity contribution < 1.29 is 33.3 Å². The zero-order chi connectivity index (χ0) is 22.4. The largest absolute Gasteiger partial charge is 0.507 e. The molecule has 8 heteroatoms. The van der Waals surface area contributed by atoms with Gasteiger partial charge in [-0.05, 0) is 49.4 Å². The summed E-state index contributed by atoms with van der Waals surface area (Å²) in [6.45, 7) is 1.83. The molecule has 0 spiro atoms. The van der Waals surface area contributed by atoms with Crippen molar-refractivity contribution in [2.45, 2.75) is 13.0 Å². The number of benzene rings is 2. The number of fused-ring (bicyclic) bond motifs is 1. The van der Waals surface area contributed by atoms with Gasteiger partial charge < -0.3 is 23.7 Å². The van der Waals surface area contributed by atoms with E-state index < -0.39 is 17.7 Å². The second-order valence-corrected chi connectivity index (χ2v) is 7.36. The number of hydrogen-bond donors (Lipinski definition) is 1. The summed E-state index contributed by atoms with van der Waals surface area (Å²) in [7, 11) is 1.48. The van der Waals surface area contributed by atoms with Crippen LogP contribution in [0.15, 0.2) is 64.6 Å². The number of carbonyl (C=O) groups excluding carboxylic acids is 2. The van der Waals surface area contributed by atoms with Crippen molar-refractivity contribution in [2.75, 3.05) is 18.8 Å². The third-order valence-corrected chi connectivity index (χ3v) is 5.47. The molecule has 2 aliphatic heterocycles. The third kappa shape index (κ3) is 2.99. The molecule has 1 unspecified atom stereocenters. The first kappa shape index (κ1) is 19.7. The molecule has 1 fully saturated rings. The highest BCUT2D eigenvalue weighted by molar-refractivity contribution is 6.51. The molecule has 1 atom stereocenters. The number of anilines is 1. The van der Waals surface area contributed by atoms with Crippen LogP contribution in [0.2, 0.25) is 0 Å². The number of rotatable bonds is 4. The predicted molar refractivity (Wildman–Crippen MR) is 114 cm³/mol. The summed E-state index contributed by atoms with van der Waals surface area (Å²) in [6.07, 6.45) is 0. The van der Waals surface area contributed by atoms with Gasteiger partial charge in [-0.1, -0.05) is 12.1 Å². The summed E-state index contributed by atoms with van der Waals surface area (Å²) in [5.41, 5.74) is 0.621. The molecule has 1 saturated heterocycles. The normalized spacial score (nSPS) is 18.9. The van der Waals surface area contributed by atoms with Gasteiger partial charge in [0, 0.05) is 5.56 Å². The Balaban J connectivity index is 1.72. The number of aryl methyl sites for hydroxylation is 1. The Kier molecular flexibility index (Phi) is 4.62. The van der Waals surface area contributed by atoms with E-state index in [0.717, 1.165) is 0 Å². The molecule has 32 heavy (non-hydrogen) atoms. The van der Waals surface area contributed by atoms with Gasteiger partial charge in [0.2, 0.25) is 6.79 Å². The topological polar surface area (TPSA) is 98.4 Å². The van der Waals surface area contributed by atoms with Gasteiger partial charge >= 0.3 is 0 Å². The molecule has 0 aliphatic carbocycles. The monoisotopic (exact) mass is 433 g/mol. The maximum atomic E-state index is 13.2. The van der Waals surface area contributed by atoms with E-state index in [2.05, 4.69) is 0 Å². The van der Waals surface area contributed by atoms with Crippen molar-refractivity contribution >= 4 is 23.1 Å². The molecule has 5 rings (SSSR count). The first-order valence-corrected chi connectivity index (χ1v) is 9.90. The Labute approximate surface area is 183 Å². The van der Waals surface area contributed by atoms with Gasteiger partial charge in [0.25, 0.3) is 11.7 Å². The van der Waals surface area contributed by atoms with Crippen LogP contribution in [0, 0.1) is 6.92 Å². The molecule has 1 amide bonds. The average molecular weight is 433 g/mol. The van der Waals surface area contributed by atoms with E-state index in [-0.39, 0.29) is 18.1 Å². The summed E-state index contributed by atoms with van der Waals surface area (Å²) in [5, 5.41) is 11.2. The van der Waals surface area contributed by atoms with E-state index in [1.54, 1.807) is 61.5 Å². The van der Waals surface area contributed by atoms with Crippen LogP contribution in [-0.4, -0.2) is 30.7 Å². The number of nitrogens with zero attached hydrogens (tertiary/aromatic N) is 1. The number of ketones is 1. The number of para-hydroxylation sites is 2. The van der Waals surface area contributed by atoms with Crippen LogP contribution in [0.4, 0.5) is 5.69 Å². The predicted octanol–water partition coefficient (Wildman–Crippen LogP) is 3.95. The van der Waals surface area contributed by atoms with Crippen molar-refractivity contribution in [3.8, 4) is 17.2 Å². The maximum Gasteiger partial charge on any atom is 0.300 e. The molecule has 0 saturated carbocycles. The molecule has 2 aromatic carbocycles. The average Bonchev–Trinajstić information content (AvgIpc) is 3.51. The second-order valence-electron chi connectivity index (χ2n) is 7.36. The van der Waals surface area contributed by atoms with Gasteiger partial charge in [-0.15, -0.1) is 0 Å². The van der Waals surface area contributed by atoms with E-state index in [1.807, 2.05) is 0 Å². The summed E-state index contributed by atoms with van der Waals surface area (Å²) < 4.78 is 21.9. The van der Waals surface area contributed by atoms with Crippen molar-refractivity contribution in [1.82, 2.24) is 0 Å². The van der Waals surface area contributed by atoms with Crippen LogP contribution in [0.3, 0.4) is 0 Å². The van der Waals surface area contributed by atoms with E-state index in [9.17, 15) is 14.7 Å². The maximum absolute atomic E-state index is 13.2. The lowest BCUT2D eigenvalue weighted by atomic mass is 9.99. The van der Waals surface area contributed by atoms with Crippen LogP contribution >= 0.6 is 0 Å². The van der Waals surface area contributed by atoms with Crippen LogP contribution in [0.1, 0.15) is 23.1 Å². The molecule has 1 N–H and O–H groups in total. The number of carbonyl (C=O) groups is 2. The van der Waals surface area contributed by atoms with Crippen LogP contribution in [-0.2, 0) is 9.59 Å². The van der Waals surface area contributed by atoms with Gasteiger partial charge in [-0.2, -0.15) is 0 Å². The van der Waals surface area contributed by atoms with Gasteiger partial charge in [-0.3, -0.25) is 14.5 Å². The number of aliphatic hydroxyl groups excluding tert-OH is 1. The van der Waals surface area contributed by atoms with Crippen LogP contribution in [0.5, 0.6) is 17.2 Å². The highest BCUT2D eigenvalue weighted by Gasteiger charge is 2.49. The Bertz CT molecular complexity index is 1270. The number of furan rings is 1. The highest BCUT2D eigenvalue weighted by Crippen LogP contribution is 2.46. The fourth-order valence-electron chi connectivity index (χ4n) is 3.98. The number of ether oxygens (including phenoxy) is 3. The molecule has 3 heterocycles. The Morgan fingerprint density at radius 1 is 1.06 bits per heavy atom. The molecule has 162 valence electrons. The lowest BCUT2D eigenvalue weighted by Crippen LogP contribution is -2.29. The third-order valence-electron chi connectivity index (χ3n) is 5.47. The van der Waals surface area contributed by atoms with E-state index >= 15 is 0 Å². The quantitative estimate of drug-likeness (QED) is 0.378. The molecule has 2 aliphatic rings. The molecule has 0 radical (unpaired) electrons. The standard InChI is InChI=1S/C24H19NO7/c1-13-7-9-18(32-13)21-20(22(26)14-8-10-17-19(11-14)31-12-30-17)23(27)24(28)25(21)15-5-3-4-6-16(15)29-2/h3-11,21,26H,12H2,1-2H3/b22-20-. The minimum Gasteiger partial charge on any atom is -0.507 e.